The van der Waals surface area contributed by atoms with Crippen LogP contribution in [0.15, 0.2) is 24.3 Å². The number of anilines is 1. The van der Waals surface area contributed by atoms with Crippen LogP contribution in [0, 0.1) is 11.3 Å². The van der Waals surface area contributed by atoms with Crippen molar-refractivity contribution in [3.05, 3.63) is 50.9 Å². The van der Waals surface area contributed by atoms with E-state index in [1.165, 1.54) is 31.2 Å². The van der Waals surface area contributed by atoms with Crippen LogP contribution in [0.25, 0.3) is 0 Å². The third kappa shape index (κ3) is 4.40. The first kappa shape index (κ1) is 23.9. The second kappa shape index (κ2) is 9.38. The molecule has 3 rings (SSSR count). The van der Waals surface area contributed by atoms with Gasteiger partial charge >= 0.3 is 17.8 Å². The Morgan fingerprint density at radius 3 is 2.56 bits per heavy atom. The first-order valence-electron chi connectivity index (χ1n) is 9.78. The van der Waals surface area contributed by atoms with Crippen LogP contribution < -0.4 is 10.6 Å². The monoisotopic (exact) mass is 485 g/mol. The Morgan fingerprint density at radius 1 is 1.25 bits per heavy atom. The lowest BCUT2D eigenvalue weighted by molar-refractivity contribution is -0.204. The second-order valence-electron chi connectivity index (χ2n) is 7.05. The van der Waals surface area contributed by atoms with Crippen LogP contribution in [0.2, 0.25) is 5.02 Å². The van der Waals surface area contributed by atoms with Gasteiger partial charge in [-0.3, -0.25) is 4.79 Å². The van der Waals surface area contributed by atoms with Gasteiger partial charge in [0.05, 0.1) is 22.8 Å². The fourth-order valence-corrected chi connectivity index (χ4v) is 4.97. The smallest absolute Gasteiger partial charge is 0.441 e. The highest BCUT2D eigenvalue weighted by atomic mass is 35.5. The summed E-state index contributed by atoms with van der Waals surface area (Å²) < 4.78 is 48.0. The molecule has 0 saturated carbocycles. The van der Waals surface area contributed by atoms with Crippen LogP contribution in [-0.4, -0.2) is 30.3 Å². The number of carbonyl (C=O) groups is 2. The van der Waals surface area contributed by atoms with E-state index in [0.29, 0.717) is 18.4 Å². The van der Waals surface area contributed by atoms with Crippen LogP contribution in [0.4, 0.5) is 18.2 Å². The Morgan fingerprint density at radius 2 is 1.94 bits per heavy atom. The van der Waals surface area contributed by atoms with Crippen molar-refractivity contribution >= 4 is 39.8 Å². The topological polar surface area (TPSA) is 91.2 Å². The maximum atomic E-state index is 14.4. The number of amides is 1. The fraction of sp³-hybridized carbons (Fsp3) is 0.381. The highest BCUT2D eigenvalue weighted by Gasteiger charge is 2.64. The van der Waals surface area contributed by atoms with Gasteiger partial charge in [0.15, 0.2) is 0 Å². The van der Waals surface area contributed by atoms with Crippen LogP contribution in [-0.2, 0) is 22.4 Å². The molecule has 32 heavy (non-hydrogen) atoms. The molecular formula is C21H19ClF3N3O3S. The maximum Gasteiger partial charge on any atom is 0.441 e. The number of esters is 1. The molecule has 1 unspecified atom stereocenters. The number of hydrogen-bond donors (Lipinski definition) is 2. The van der Waals surface area contributed by atoms with Gasteiger partial charge in [0, 0.05) is 4.88 Å². The molecule has 2 N–H and O–H groups in total. The third-order valence-electron chi connectivity index (χ3n) is 5.01. The van der Waals surface area contributed by atoms with Crippen molar-refractivity contribution in [2.75, 3.05) is 11.9 Å². The highest BCUT2D eigenvalue weighted by molar-refractivity contribution is 7.16. The number of nitrogens with one attached hydrogen (secondary N) is 2. The molecule has 0 saturated heterocycles. The van der Waals surface area contributed by atoms with E-state index in [-0.39, 0.29) is 27.8 Å². The predicted molar refractivity (Wildman–Crippen MR) is 114 cm³/mol. The molecule has 1 heterocycles. The Kier molecular flexibility index (Phi) is 7.00. The van der Waals surface area contributed by atoms with Crippen molar-refractivity contribution in [2.24, 2.45) is 0 Å². The van der Waals surface area contributed by atoms with Crippen molar-refractivity contribution in [2.45, 2.75) is 44.4 Å². The molecule has 170 valence electrons. The summed E-state index contributed by atoms with van der Waals surface area (Å²) in [6.45, 7) is 0.992. The van der Waals surface area contributed by atoms with E-state index in [9.17, 15) is 28.0 Å². The van der Waals surface area contributed by atoms with Gasteiger partial charge in [0.25, 0.3) is 5.91 Å². The fourth-order valence-electron chi connectivity index (χ4n) is 3.46. The molecule has 1 aromatic carbocycles. The summed E-state index contributed by atoms with van der Waals surface area (Å²) in [5, 5.41) is 13.3. The molecule has 0 radical (unpaired) electrons. The second-order valence-corrected chi connectivity index (χ2v) is 8.57. The molecule has 2 aromatic rings. The van der Waals surface area contributed by atoms with E-state index in [2.05, 4.69) is 5.32 Å². The number of thiophene rings is 1. The number of aryl methyl sites for hydroxylation is 1. The van der Waals surface area contributed by atoms with Gasteiger partial charge in [0.2, 0.25) is 0 Å². The average molecular weight is 486 g/mol. The molecule has 1 atom stereocenters. The summed E-state index contributed by atoms with van der Waals surface area (Å²) >= 11 is 6.93. The van der Waals surface area contributed by atoms with Crippen molar-refractivity contribution in [3.8, 4) is 6.07 Å². The first-order valence-corrected chi connectivity index (χ1v) is 11.0. The SMILES string of the molecule is CCOC(=O)C(NC(=O)c1ccccc1Cl)(Nc1sc2c(c1C#N)CCCC2)C(F)(F)F. The van der Waals surface area contributed by atoms with Crippen molar-refractivity contribution in [1.82, 2.24) is 5.32 Å². The number of alkyl halides is 3. The zero-order valence-electron chi connectivity index (χ0n) is 16.9. The summed E-state index contributed by atoms with van der Waals surface area (Å²) in [6.07, 6.45) is -2.47. The van der Waals surface area contributed by atoms with Gasteiger partial charge in [-0.2, -0.15) is 18.4 Å². The molecule has 0 fully saturated rings. The Bertz CT molecular complexity index is 1080. The van der Waals surface area contributed by atoms with E-state index in [0.717, 1.165) is 29.1 Å². The maximum absolute atomic E-state index is 14.4. The Labute approximate surface area is 191 Å². The molecule has 1 aromatic heterocycles. The molecule has 0 aliphatic heterocycles. The molecule has 6 nitrogen and oxygen atoms in total. The minimum Gasteiger partial charge on any atom is -0.463 e. The Balaban J connectivity index is 2.11. The lowest BCUT2D eigenvalue weighted by atomic mass is 9.96. The average Bonchev–Trinajstić information content (AvgIpc) is 3.09. The van der Waals surface area contributed by atoms with Gasteiger partial charge in [-0.05, 0) is 50.3 Å². The summed E-state index contributed by atoms with van der Waals surface area (Å²) in [6, 6.07) is 7.44. The van der Waals surface area contributed by atoms with Gasteiger partial charge in [0.1, 0.15) is 11.1 Å². The molecule has 1 amide bonds. The molecule has 0 spiro atoms. The molecule has 1 aliphatic rings. The number of carbonyl (C=O) groups excluding carboxylic acids is 2. The van der Waals surface area contributed by atoms with Crippen LogP contribution in [0.1, 0.15) is 46.1 Å². The highest BCUT2D eigenvalue weighted by Crippen LogP contribution is 2.42. The normalized spacial score (nSPS) is 15.1. The van der Waals surface area contributed by atoms with E-state index in [1.54, 1.807) is 5.32 Å². The number of hydrogen-bond acceptors (Lipinski definition) is 6. The number of benzene rings is 1. The first-order chi connectivity index (χ1) is 15.1. The van der Waals surface area contributed by atoms with E-state index in [1.807, 2.05) is 6.07 Å². The van der Waals surface area contributed by atoms with Gasteiger partial charge in [-0.1, -0.05) is 23.7 Å². The van der Waals surface area contributed by atoms with Gasteiger partial charge in [-0.25, -0.2) is 4.79 Å². The molecule has 11 heteroatoms. The van der Waals surface area contributed by atoms with Crippen molar-refractivity contribution < 1.29 is 27.5 Å². The zero-order valence-corrected chi connectivity index (χ0v) is 18.5. The largest absolute Gasteiger partial charge is 0.463 e. The lowest BCUT2D eigenvalue weighted by Crippen LogP contribution is -2.69. The van der Waals surface area contributed by atoms with Gasteiger partial charge in [-0.15, -0.1) is 11.3 Å². The number of ether oxygens (including phenoxy) is 1. The number of nitrogens with zero attached hydrogens (tertiary/aromatic N) is 1. The summed E-state index contributed by atoms with van der Waals surface area (Å²) in [7, 11) is 0. The number of halogens is 4. The summed E-state index contributed by atoms with van der Waals surface area (Å²) in [4.78, 5) is 26.2. The predicted octanol–water partition coefficient (Wildman–Crippen LogP) is 4.82. The summed E-state index contributed by atoms with van der Waals surface area (Å²) in [5.41, 5.74) is -3.17. The minimum absolute atomic E-state index is 0.0367. The standard InChI is InChI=1S/C21H19ClF3N3O3S/c1-2-31-19(30)20(21(23,24)25,27-17(29)13-8-3-5-9-15(13)22)28-18-14(11-26)12-7-4-6-10-16(12)32-18/h3,5,8-9,28H,2,4,6-7,10H2,1H3,(H,27,29). The van der Waals surface area contributed by atoms with E-state index in [4.69, 9.17) is 16.3 Å². The van der Waals surface area contributed by atoms with Gasteiger partial charge < -0.3 is 15.4 Å². The quantitative estimate of drug-likeness (QED) is 0.452. The number of fused-ring (bicyclic) bond motifs is 1. The third-order valence-corrected chi connectivity index (χ3v) is 6.55. The van der Waals surface area contributed by atoms with E-state index < -0.39 is 23.7 Å². The van der Waals surface area contributed by atoms with Crippen LogP contribution >= 0.6 is 22.9 Å². The van der Waals surface area contributed by atoms with Crippen molar-refractivity contribution in [1.29, 1.82) is 5.26 Å². The van der Waals surface area contributed by atoms with Crippen molar-refractivity contribution in [3.63, 3.8) is 0 Å². The van der Waals surface area contributed by atoms with Crippen LogP contribution in [0.3, 0.4) is 0 Å². The molecule has 1 aliphatic carbocycles. The zero-order chi connectivity index (χ0) is 23.5. The lowest BCUT2D eigenvalue weighted by Gasteiger charge is -2.35. The molecule has 0 bridgehead atoms. The van der Waals surface area contributed by atoms with Crippen LogP contribution in [0.5, 0.6) is 0 Å². The molecular weight excluding hydrogens is 467 g/mol. The van der Waals surface area contributed by atoms with E-state index >= 15 is 0 Å². The minimum atomic E-state index is -5.31. The number of nitriles is 1. The summed E-state index contributed by atoms with van der Waals surface area (Å²) in [5.74, 6) is -2.98. The Hall–Kier alpha value is -2.77. The number of rotatable bonds is 6.